The first-order valence-electron chi connectivity index (χ1n) is 4.18. The molecular weight excluding hydrogens is 174 g/mol. The van der Waals surface area contributed by atoms with Gasteiger partial charge < -0.3 is 5.73 Å². The van der Waals surface area contributed by atoms with Crippen molar-refractivity contribution in [1.82, 2.24) is 0 Å². The molecule has 0 aromatic rings. The predicted octanol–water partition coefficient (Wildman–Crippen LogP) is 0.815. The minimum atomic E-state index is -3.04. The Morgan fingerprint density at radius 2 is 1.75 bits per heavy atom. The smallest absolute Gasteiger partial charge is 0.173 e. The lowest BCUT2D eigenvalue weighted by molar-refractivity contribution is 0.436. The van der Waals surface area contributed by atoms with Crippen LogP contribution in [0.15, 0.2) is 12.0 Å². The maximum atomic E-state index is 11.3. The van der Waals surface area contributed by atoms with Gasteiger partial charge in [0.15, 0.2) is 9.84 Å². The lowest BCUT2D eigenvalue weighted by atomic mass is 9.96. The fourth-order valence-corrected chi connectivity index (χ4v) is 2.75. The van der Waals surface area contributed by atoms with Crippen LogP contribution >= 0.6 is 0 Å². The van der Waals surface area contributed by atoms with Crippen molar-refractivity contribution in [3.8, 4) is 0 Å². The molecule has 3 nitrogen and oxygen atoms in total. The van der Waals surface area contributed by atoms with E-state index in [1.54, 1.807) is 0 Å². The van der Waals surface area contributed by atoms with Crippen LogP contribution in [-0.2, 0) is 9.84 Å². The normalized spacial score (nSPS) is 31.4. The fraction of sp³-hybridized carbons (Fsp3) is 0.750. The Labute approximate surface area is 73.6 Å². The summed E-state index contributed by atoms with van der Waals surface area (Å²) in [6.45, 7) is 3.31. The summed E-state index contributed by atoms with van der Waals surface area (Å²) in [5, 5.41) is 0.837. The highest BCUT2D eigenvalue weighted by molar-refractivity contribution is 7.94. The van der Waals surface area contributed by atoms with E-state index in [4.69, 9.17) is 5.73 Å². The Morgan fingerprint density at radius 3 is 2.17 bits per heavy atom. The van der Waals surface area contributed by atoms with Gasteiger partial charge in [-0.25, -0.2) is 8.42 Å². The minimum Gasteiger partial charge on any atom is -0.328 e. The summed E-state index contributed by atoms with van der Waals surface area (Å²) in [4.78, 5) is 0. The predicted molar refractivity (Wildman–Crippen MR) is 49.3 cm³/mol. The van der Waals surface area contributed by atoms with Crippen molar-refractivity contribution in [2.75, 3.05) is 0 Å². The van der Waals surface area contributed by atoms with Gasteiger partial charge in [-0.1, -0.05) is 6.58 Å². The third kappa shape index (κ3) is 2.08. The second-order valence-electron chi connectivity index (χ2n) is 3.29. The zero-order valence-corrected chi connectivity index (χ0v) is 7.89. The summed E-state index contributed by atoms with van der Waals surface area (Å²) in [6.07, 6.45) is 3.01. The van der Waals surface area contributed by atoms with Gasteiger partial charge in [-0.3, -0.25) is 0 Å². The monoisotopic (exact) mass is 189 g/mol. The molecule has 0 aromatic carbocycles. The molecule has 0 aliphatic heterocycles. The molecule has 0 aromatic heterocycles. The Hall–Kier alpha value is -0.350. The zero-order valence-electron chi connectivity index (χ0n) is 7.07. The van der Waals surface area contributed by atoms with Gasteiger partial charge in [0.05, 0.1) is 5.25 Å². The summed E-state index contributed by atoms with van der Waals surface area (Å²) < 4.78 is 22.6. The summed E-state index contributed by atoms with van der Waals surface area (Å²) in [6, 6.07) is 0.196. The zero-order chi connectivity index (χ0) is 9.19. The molecule has 0 radical (unpaired) electrons. The number of rotatable bonds is 2. The minimum absolute atomic E-state index is 0.196. The summed E-state index contributed by atoms with van der Waals surface area (Å²) in [7, 11) is -3.04. The van der Waals surface area contributed by atoms with Crippen molar-refractivity contribution in [2.24, 2.45) is 5.73 Å². The van der Waals surface area contributed by atoms with E-state index in [9.17, 15) is 8.42 Å². The van der Waals surface area contributed by atoms with E-state index in [0.29, 0.717) is 12.8 Å². The molecule has 1 rings (SSSR count). The molecule has 1 aliphatic rings. The van der Waals surface area contributed by atoms with Crippen LogP contribution in [0.25, 0.3) is 0 Å². The first-order valence-corrected chi connectivity index (χ1v) is 5.79. The average molecular weight is 189 g/mol. The maximum Gasteiger partial charge on any atom is 0.173 e. The van der Waals surface area contributed by atoms with E-state index in [-0.39, 0.29) is 11.3 Å². The Bertz CT molecular complexity index is 250. The molecule has 4 heteroatoms. The average Bonchev–Trinajstić information content (AvgIpc) is 2.05. The highest BCUT2D eigenvalue weighted by Crippen LogP contribution is 2.23. The van der Waals surface area contributed by atoms with Gasteiger partial charge in [-0.05, 0) is 25.7 Å². The molecule has 70 valence electrons. The van der Waals surface area contributed by atoms with Crippen LogP contribution in [0.3, 0.4) is 0 Å². The van der Waals surface area contributed by atoms with Crippen LogP contribution < -0.4 is 5.73 Å². The van der Waals surface area contributed by atoms with Gasteiger partial charge in [0, 0.05) is 11.4 Å². The highest BCUT2D eigenvalue weighted by Gasteiger charge is 2.27. The van der Waals surface area contributed by atoms with Gasteiger partial charge in [-0.2, -0.15) is 0 Å². The Balaban J connectivity index is 2.62. The molecule has 0 saturated heterocycles. The molecule has 2 N–H and O–H groups in total. The molecular formula is C8H15NO2S. The van der Waals surface area contributed by atoms with Crippen LogP contribution in [0, 0.1) is 0 Å². The molecule has 0 unspecified atom stereocenters. The summed E-state index contributed by atoms with van der Waals surface area (Å²) in [5.74, 6) is 0. The SMILES string of the molecule is C=CS(=O)(=O)C1CCC(N)CC1. The molecule has 0 heterocycles. The van der Waals surface area contributed by atoms with Crippen LogP contribution in [0.5, 0.6) is 0 Å². The van der Waals surface area contributed by atoms with E-state index in [1.807, 2.05) is 0 Å². The fourth-order valence-electron chi connectivity index (χ4n) is 1.55. The van der Waals surface area contributed by atoms with Gasteiger partial charge in [0.1, 0.15) is 0 Å². The topological polar surface area (TPSA) is 60.2 Å². The van der Waals surface area contributed by atoms with E-state index in [1.165, 1.54) is 0 Å². The Morgan fingerprint density at radius 1 is 1.25 bits per heavy atom. The lowest BCUT2D eigenvalue weighted by Gasteiger charge is -2.24. The van der Waals surface area contributed by atoms with Crippen molar-refractivity contribution in [3.05, 3.63) is 12.0 Å². The standard InChI is InChI=1S/C8H15NO2S/c1-2-12(10,11)8-5-3-7(9)4-6-8/h2,7-8H,1,3-6,9H2. The molecule has 12 heavy (non-hydrogen) atoms. The molecule has 0 bridgehead atoms. The largest absolute Gasteiger partial charge is 0.328 e. The molecule has 0 spiro atoms. The van der Waals surface area contributed by atoms with Crippen molar-refractivity contribution in [3.63, 3.8) is 0 Å². The molecule has 0 atom stereocenters. The molecule has 1 saturated carbocycles. The molecule has 1 aliphatic carbocycles. The number of hydrogen-bond donors (Lipinski definition) is 1. The number of sulfone groups is 1. The van der Waals surface area contributed by atoms with Crippen molar-refractivity contribution in [2.45, 2.75) is 37.0 Å². The van der Waals surface area contributed by atoms with E-state index < -0.39 is 9.84 Å². The van der Waals surface area contributed by atoms with Gasteiger partial charge >= 0.3 is 0 Å². The highest BCUT2D eigenvalue weighted by atomic mass is 32.2. The van der Waals surface area contributed by atoms with Crippen molar-refractivity contribution in [1.29, 1.82) is 0 Å². The third-order valence-electron chi connectivity index (χ3n) is 2.42. The Kier molecular flexibility index (Phi) is 2.90. The second-order valence-corrected chi connectivity index (χ2v) is 5.47. The van der Waals surface area contributed by atoms with Crippen LogP contribution in [0.1, 0.15) is 25.7 Å². The lowest BCUT2D eigenvalue weighted by Crippen LogP contribution is -2.32. The second kappa shape index (κ2) is 3.58. The molecule has 0 amide bonds. The first kappa shape index (κ1) is 9.74. The van der Waals surface area contributed by atoms with Gasteiger partial charge in [0.2, 0.25) is 0 Å². The quantitative estimate of drug-likeness (QED) is 0.699. The van der Waals surface area contributed by atoms with Gasteiger partial charge in [0.25, 0.3) is 0 Å². The van der Waals surface area contributed by atoms with Crippen molar-refractivity contribution < 1.29 is 8.42 Å². The number of nitrogens with two attached hydrogens (primary N) is 1. The number of hydrogen-bond acceptors (Lipinski definition) is 3. The van der Waals surface area contributed by atoms with Crippen LogP contribution in [0.2, 0.25) is 0 Å². The third-order valence-corrected chi connectivity index (χ3v) is 4.28. The van der Waals surface area contributed by atoms with E-state index in [2.05, 4.69) is 6.58 Å². The summed E-state index contributed by atoms with van der Waals surface area (Å²) in [5.41, 5.74) is 5.66. The first-order chi connectivity index (χ1) is 5.56. The van der Waals surface area contributed by atoms with Gasteiger partial charge in [-0.15, -0.1) is 0 Å². The molecule has 1 fully saturated rings. The van der Waals surface area contributed by atoms with E-state index in [0.717, 1.165) is 18.2 Å². The van der Waals surface area contributed by atoms with Crippen LogP contribution in [0.4, 0.5) is 0 Å². The van der Waals surface area contributed by atoms with Crippen molar-refractivity contribution >= 4 is 9.84 Å². The van der Waals surface area contributed by atoms with E-state index >= 15 is 0 Å². The maximum absolute atomic E-state index is 11.3. The summed E-state index contributed by atoms with van der Waals surface area (Å²) >= 11 is 0. The van der Waals surface area contributed by atoms with Crippen LogP contribution in [-0.4, -0.2) is 19.7 Å².